The third-order valence-corrected chi connectivity index (χ3v) is 6.16. The van der Waals surface area contributed by atoms with Crippen molar-refractivity contribution in [2.24, 2.45) is 0 Å². The number of carboxylic acids is 4. The van der Waals surface area contributed by atoms with E-state index in [1.165, 1.54) is 18.2 Å². The second-order valence-corrected chi connectivity index (χ2v) is 9.71. The number of carbonyl (C=O) groups is 5. The highest BCUT2D eigenvalue weighted by molar-refractivity contribution is 5.86. The van der Waals surface area contributed by atoms with E-state index in [-0.39, 0.29) is 54.0 Å². The summed E-state index contributed by atoms with van der Waals surface area (Å²) in [6, 6.07) is 16.5. The van der Waals surface area contributed by atoms with Gasteiger partial charge in [0.05, 0.1) is 16.9 Å². The van der Waals surface area contributed by atoms with Crippen LogP contribution in [0.2, 0.25) is 0 Å². The highest BCUT2D eigenvalue weighted by Gasteiger charge is 2.22. The van der Waals surface area contributed by atoms with Crippen molar-refractivity contribution in [1.82, 2.24) is 0 Å². The average Bonchev–Trinajstić information content (AvgIpc) is 2.97. The van der Waals surface area contributed by atoms with Crippen molar-refractivity contribution in [3.8, 4) is 17.2 Å². The van der Waals surface area contributed by atoms with E-state index in [0.717, 1.165) is 20.9 Å². The molecule has 0 radical (unpaired) electrons. The van der Waals surface area contributed by atoms with E-state index >= 15 is 0 Å². The van der Waals surface area contributed by atoms with Gasteiger partial charge in [0.2, 0.25) is 0 Å². The molecule has 0 saturated carbocycles. The maximum Gasteiger partial charge on any atom is 0.323 e. The molecule has 0 bridgehead atoms. The number of aliphatic carboxylic acids is 4. The molecule has 0 spiro atoms. The Labute approximate surface area is 257 Å². The Balaban J connectivity index is 1.88. The van der Waals surface area contributed by atoms with Gasteiger partial charge < -0.3 is 44.4 Å². The van der Waals surface area contributed by atoms with Crippen LogP contribution in [0.25, 0.3) is 0 Å². The molecule has 14 nitrogen and oxygen atoms in total. The maximum atomic E-state index is 12.0. The van der Waals surface area contributed by atoms with Crippen LogP contribution in [0.4, 0.5) is 11.4 Å². The number of rotatable bonds is 19. The van der Waals surface area contributed by atoms with Crippen molar-refractivity contribution < 1.29 is 58.6 Å². The number of carbonyl (C=O) groups excluding carboxylic acids is 1. The molecule has 3 aromatic carbocycles. The Hall–Kier alpha value is -5.79. The standard InChI is InChI=1S/C31H32N2O12/c1-20-7-8-23(32(14-28(35)36)15-29(37)38)26(11-20)43-9-10-44-27-12-22(18-34)25(45-19-21-5-3-2-4-6-21)13-24(27)33(16-30(39)40)17-31(41)42/h2-8,11-13,18H,9-10,14-17,19H2,1H3,(H,35,36)(H,37,38)(H,39,40)(H,41,42). The topological polar surface area (TPSA) is 200 Å². The van der Waals surface area contributed by atoms with Crippen LogP contribution in [-0.4, -0.2) is 90.0 Å². The summed E-state index contributed by atoms with van der Waals surface area (Å²) in [6.07, 6.45) is 0.519. The zero-order valence-electron chi connectivity index (χ0n) is 24.2. The summed E-state index contributed by atoms with van der Waals surface area (Å²) in [5, 5.41) is 37.4. The number of carboxylic acid groups (broad SMARTS) is 4. The predicted molar refractivity (Wildman–Crippen MR) is 160 cm³/mol. The molecule has 0 aliphatic carbocycles. The number of anilines is 2. The van der Waals surface area contributed by atoms with Crippen molar-refractivity contribution in [3.63, 3.8) is 0 Å². The van der Waals surface area contributed by atoms with Crippen LogP contribution in [0.15, 0.2) is 60.7 Å². The number of hydrogen-bond acceptors (Lipinski definition) is 10. The summed E-state index contributed by atoms with van der Waals surface area (Å²) in [5.74, 6) is -4.85. The molecule has 14 heteroatoms. The normalized spacial score (nSPS) is 10.4. The molecular formula is C31H32N2O12. The minimum absolute atomic E-state index is 0.0156. The molecule has 3 aromatic rings. The summed E-state index contributed by atoms with van der Waals surface area (Å²) in [5.41, 5.74) is 1.88. The second-order valence-electron chi connectivity index (χ2n) is 9.71. The Morgan fingerprint density at radius 2 is 1.16 bits per heavy atom. The number of nitrogens with zero attached hydrogens (tertiary/aromatic N) is 2. The van der Waals surface area contributed by atoms with Crippen LogP contribution in [-0.2, 0) is 25.8 Å². The van der Waals surface area contributed by atoms with Crippen LogP contribution >= 0.6 is 0 Å². The molecule has 0 atom stereocenters. The molecule has 0 unspecified atom stereocenters. The van der Waals surface area contributed by atoms with Gasteiger partial charge in [-0.15, -0.1) is 0 Å². The van der Waals surface area contributed by atoms with Crippen molar-refractivity contribution in [1.29, 1.82) is 0 Å². The van der Waals surface area contributed by atoms with Crippen molar-refractivity contribution in [3.05, 3.63) is 77.4 Å². The molecular weight excluding hydrogens is 592 g/mol. The number of ether oxygens (including phenoxy) is 3. The number of hydrogen-bond donors (Lipinski definition) is 4. The largest absolute Gasteiger partial charge is 0.488 e. The molecule has 3 rings (SSSR count). The molecule has 45 heavy (non-hydrogen) atoms. The first-order valence-electron chi connectivity index (χ1n) is 13.5. The first kappa shape index (κ1) is 33.7. The summed E-state index contributed by atoms with van der Waals surface area (Å²) in [7, 11) is 0. The summed E-state index contributed by atoms with van der Waals surface area (Å²) >= 11 is 0. The summed E-state index contributed by atoms with van der Waals surface area (Å²) < 4.78 is 17.5. The Kier molecular flexibility index (Phi) is 12.1. The Morgan fingerprint density at radius 3 is 1.67 bits per heavy atom. The van der Waals surface area contributed by atoms with Gasteiger partial charge in [0, 0.05) is 6.07 Å². The highest BCUT2D eigenvalue weighted by atomic mass is 16.5. The van der Waals surface area contributed by atoms with Crippen LogP contribution in [0.3, 0.4) is 0 Å². The van der Waals surface area contributed by atoms with Crippen LogP contribution < -0.4 is 24.0 Å². The Bertz CT molecular complexity index is 1490. The molecule has 4 N–H and O–H groups in total. The van der Waals surface area contributed by atoms with E-state index in [9.17, 15) is 44.4 Å². The third kappa shape index (κ3) is 10.5. The molecule has 0 aliphatic rings. The summed E-state index contributed by atoms with van der Waals surface area (Å²) in [4.78, 5) is 60.1. The molecule has 0 fully saturated rings. The molecule has 238 valence electrons. The lowest BCUT2D eigenvalue weighted by Gasteiger charge is -2.25. The number of benzene rings is 3. The fourth-order valence-corrected chi connectivity index (χ4v) is 4.29. The van der Waals surface area contributed by atoms with Crippen molar-refractivity contribution in [2.45, 2.75) is 13.5 Å². The lowest BCUT2D eigenvalue weighted by molar-refractivity contribution is -0.138. The fraction of sp³-hybridized carbons (Fsp3) is 0.258. The average molecular weight is 625 g/mol. The van der Waals surface area contributed by atoms with E-state index in [4.69, 9.17) is 14.2 Å². The van der Waals surface area contributed by atoms with Crippen molar-refractivity contribution >= 4 is 41.5 Å². The maximum absolute atomic E-state index is 12.0. The zero-order valence-corrected chi connectivity index (χ0v) is 24.2. The Morgan fingerprint density at radius 1 is 0.644 bits per heavy atom. The molecule has 0 aliphatic heterocycles. The van der Waals surface area contributed by atoms with Crippen molar-refractivity contribution in [2.75, 3.05) is 49.2 Å². The quantitative estimate of drug-likeness (QED) is 0.112. The third-order valence-electron chi connectivity index (χ3n) is 6.16. The van der Waals surface area contributed by atoms with Gasteiger partial charge in [0.15, 0.2) is 6.29 Å². The van der Waals surface area contributed by atoms with E-state index in [1.54, 1.807) is 31.2 Å². The van der Waals surface area contributed by atoms with E-state index in [1.807, 2.05) is 18.2 Å². The van der Waals surface area contributed by atoms with E-state index < -0.39 is 50.1 Å². The fourth-order valence-electron chi connectivity index (χ4n) is 4.29. The zero-order chi connectivity index (χ0) is 32.9. The first-order valence-corrected chi connectivity index (χ1v) is 13.5. The minimum Gasteiger partial charge on any atom is -0.488 e. The van der Waals surface area contributed by atoms with E-state index in [2.05, 4.69) is 0 Å². The number of aldehydes is 1. The molecule has 0 saturated heterocycles. The molecule has 0 heterocycles. The van der Waals surface area contributed by atoms with Gasteiger partial charge >= 0.3 is 23.9 Å². The van der Waals surface area contributed by atoms with Crippen LogP contribution in [0, 0.1) is 6.92 Å². The van der Waals surface area contributed by atoms with Gasteiger partial charge in [0.1, 0.15) is 63.2 Å². The minimum atomic E-state index is -1.31. The van der Waals surface area contributed by atoms with E-state index in [0.29, 0.717) is 6.29 Å². The lowest BCUT2D eigenvalue weighted by Crippen LogP contribution is -2.35. The van der Waals surface area contributed by atoms with Gasteiger partial charge in [-0.3, -0.25) is 24.0 Å². The summed E-state index contributed by atoms with van der Waals surface area (Å²) in [6.45, 7) is -1.09. The monoisotopic (exact) mass is 624 g/mol. The molecule has 0 amide bonds. The number of aryl methyl sites for hydroxylation is 1. The highest BCUT2D eigenvalue weighted by Crippen LogP contribution is 2.36. The lowest BCUT2D eigenvalue weighted by atomic mass is 10.1. The SMILES string of the molecule is Cc1ccc(N(CC(=O)O)CC(=O)O)c(OCCOc2cc(C=O)c(OCc3ccccc3)cc2N(CC(=O)O)CC(=O)O)c1. The van der Waals surface area contributed by atoms with Crippen LogP contribution in [0.1, 0.15) is 21.5 Å². The van der Waals surface area contributed by atoms with Gasteiger partial charge in [-0.2, -0.15) is 0 Å². The van der Waals surface area contributed by atoms with Gasteiger partial charge in [-0.1, -0.05) is 36.4 Å². The van der Waals surface area contributed by atoms with Crippen LogP contribution in [0.5, 0.6) is 17.2 Å². The van der Waals surface area contributed by atoms with Gasteiger partial charge in [0.25, 0.3) is 0 Å². The molecule has 0 aromatic heterocycles. The van der Waals surface area contributed by atoms with Gasteiger partial charge in [-0.05, 0) is 36.2 Å². The van der Waals surface area contributed by atoms with Gasteiger partial charge in [-0.25, -0.2) is 0 Å². The first-order chi connectivity index (χ1) is 21.5. The smallest absolute Gasteiger partial charge is 0.323 e. The second kappa shape index (κ2) is 16.2. The predicted octanol–water partition coefficient (Wildman–Crippen LogP) is 2.80.